The number of hydrogen-bond donors (Lipinski definition) is 1. The Morgan fingerprint density at radius 3 is 2.93 bits per heavy atom. The summed E-state index contributed by atoms with van der Waals surface area (Å²) in [4.78, 5) is 12.4. The van der Waals surface area contributed by atoms with Crippen LogP contribution in [0.3, 0.4) is 0 Å². The maximum Gasteiger partial charge on any atom is 0.252 e. The number of amides is 1. The number of piperidine rings is 1. The van der Waals surface area contributed by atoms with Gasteiger partial charge in [0.2, 0.25) is 5.91 Å². The van der Waals surface area contributed by atoms with Gasteiger partial charge in [-0.05, 0) is 48.9 Å². The zero-order valence-corrected chi connectivity index (χ0v) is 16.9. The van der Waals surface area contributed by atoms with E-state index in [9.17, 15) is 13.2 Å². The Balaban J connectivity index is 1.48. The Morgan fingerprint density at radius 1 is 1.33 bits per heavy atom. The summed E-state index contributed by atoms with van der Waals surface area (Å²) in [7, 11) is -3.50. The van der Waals surface area contributed by atoms with E-state index in [4.69, 9.17) is 4.74 Å². The smallest absolute Gasteiger partial charge is 0.252 e. The van der Waals surface area contributed by atoms with E-state index in [0.29, 0.717) is 36.7 Å². The summed E-state index contributed by atoms with van der Waals surface area (Å²) < 4.78 is 32.7. The van der Waals surface area contributed by atoms with Crippen LogP contribution in [0.4, 0.5) is 0 Å². The standard InChI is InChI=1S/C19H24N2O4S2/c1-15-5-2-7-17(13-15)25-11-9-20-19(22)16-6-3-10-21(14-16)27(23,24)18-8-4-12-26-18/h2,4-5,7-8,12-13,16H,3,6,9-11,14H2,1H3,(H,20,22)/t16-/m0/s1. The molecule has 0 radical (unpaired) electrons. The van der Waals surface area contributed by atoms with Crippen molar-refractivity contribution in [1.29, 1.82) is 0 Å². The van der Waals surface area contributed by atoms with E-state index in [0.717, 1.165) is 11.3 Å². The van der Waals surface area contributed by atoms with Crippen LogP contribution in [-0.4, -0.2) is 44.9 Å². The SMILES string of the molecule is Cc1cccc(OCCNC(=O)[C@H]2CCCN(S(=O)(=O)c3cccs3)C2)c1. The average Bonchev–Trinajstić information content (AvgIpc) is 3.21. The molecule has 6 nitrogen and oxygen atoms in total. The molecule has 1 saturated heterocycles. The summed E-state index contributed by atoms with van der Waals surface area (Å²) in [5.74, 6) is 0.330. The van der Waals surface area contributed by atoms with Crippen LogP contribution < -0.4 is 10.1 Å². The van der Waals surface area contributed by atoms with Crippen LogP contribution in [0.5, 0.6) is 5.75 Å². The fourth-order valence-electron chi connectivity index (χ4n) is 3.10. The molecular weight excluding hydrogens is 384 g/mol. The van der Waals surface area contributed by atoms with Gasteiger partial charge in [0.1, 0.15) is 16.6 Å². The fourth-order valence-corrected chi connectivity index (χ4v) is 5.77. The van der Waals surface area contributed by atoms with Gasteiger partial charge in [-0.3, -0.25) is 4.79 Å². The molecule has 1 N–H and O–H groups in total. The lowest BCUT2D eigenvalue weighted by Gasteiger charge is -2.30. The number of carbonyl (C=O) groups is 1. The van der Waals surface area contributed by atoms with Gasteiger partial charge in [0.15, 0.2) is 0 Å². The average molecular weight is 409 g/mol. The van der Waals surface area contributed by atoms with E-state index in [1.807, 2.05) is 31.2 Å². The van der Waals surface area contributed by atoms with Crippen LogP contribution in [0.25, 0.3) is 0 Å². The van der Waals surface area contributed by atoms with Crippen molar-refractivity contribution >= 4 is 27.3 Å². The molecule has 1 atom stereocenters. The van der Waals surface area contributed by atoms with Gasteiger partial charge < -0.3 is 10.1 Å². The highest BCUT2D eigenvalue weighted by atomic mass is 32.2. The predicted octanol–water partition coefficient (Wildman–Crippen LogP) is 2.65. The van der Waals surface area contributed by atoms with Crippen molar-refractivity contribution in [1.82, 2.24) is 9.62 Å². The zero-order chi connectivity index (χ0) is 19.3. The third kappa shape index (κ3) is 5.09. The number of sulfonamides is 1. The molecule has 1 aromatic carbocycles. The largest absolute Gasteiger partial charge is 0.492 e. The maximum atomic E-state index is 12.6. The zero-order valence-electron chi connectivity index (χ0n) is 15.3. The maximum absolute atomic E-state index is 12.6. The van der Waals surface area contributed by atoms with Crippen LogP contribution in [-0.2, 0) is 14.8 Å². The molecule has 8 heteroatoms. The molecule has 0 aliphatic carbocycles. The van der Waals surface area contributed by atoms with Crippen LogP contribution in [0.1, 0.15) is 18.4 Å². The number of aryl methyl sites for hydroxylation is 1. The summed E-state index contributed by atoms with van der Waals surface area (Å²) in [5.41, 5.74) is 1.12. The van der Waals surface area contributed by atoms with Crippen LogP contribution in [0.15, 0.2) is 46.0 Å². The van der Waals surface area contributed by atoms with Crippen molar-refractivity contribution in [2.75, 3.05) is 26.2 Å². The summed E-state index contributed by atoms with van der Waals surface area (Å²) in [5, 5.41) is 4.61. The summed E-state index contributed by atoms with van der Waals surface area (Å²) in [6, 6.07) is 11.1. The second-order valence-corrected chi connectivity index (χ2v) is 9.70. The van der Waals surface area contributed by atoms with Gasteiger partial charge in [0, 0.05) is 13.1 Å². The molecule has 27 heavy (non-hydrogen) atoms. The molecule has 0 unspecified atom stereocenters. The predicted molar refractivity (Wildman–Crippen MR) is 105 cm³/mol. The van der Waals surface area contributed by atoms with Crippen LogP contribution in [0, 0.1) is 12.8 Å². The minimum atomic E-state index is -3.50. The normalized spacial score (nSPS) is 18.2. The first-order valence-corrected chi connectivity index (χ1v) is 11.3. The van der Waals surface area contributed by atoms with Crippen molar-refractivity contribution in [3.05, 3.63) is 47.3 Å². The molecule has 1 aromatic heterocycles. The molecule has 0 saturated carbocycles. The lowest BCUT2D eigenvalue weighted by Crippen LogP contribution is -2.45. The number of hydrogen-bond acceptors (Lipinski definition) is 5. The van der Waals surface area contributed by atoms with Crippen molar-refractivity contribution in [3.8, 4) is 5.75 Å². The van der Waals surface area contributed by atoms with Crippen molar-refractivity contribution in [2.45, 2.75) is 24.0 Å². The van der Waals surface area contributed by atoms with E-state index in [2.05, 4.69) is 5.32 Å². The number of ether oxygens (including phenoxy) is 1. The summed E-state index contributed by atoms with van der Waals surface area (Å²) >= 11 is 1.20. The highest BCUT2D eigenvalue weighted by molar-refractivity contribution is 7.91. The first-order chi connectivity index (χ1) is 13.0. The van der Waals surface area contributed by atoms with Gasteiger partial charge >= 0.3 is 0 Å². The van der Waals surface area contributed by atoms with Crippen molar-refractivity contribution in [3.63, 3.8) is 0 Å². The van der Waals surface area contributed by atoms with E-state index in [1.54, 1.807) is 17.5 Å². The molecule has 1 fully saturated rings. The molecule has 2 heterocycles. The van der Waals surface area contributed by atoms with Gasteiger partial charge in [0.05, 0.1) is 12.5 Å². The Kier molecular flexibility index (Phi) is 6.51. The Labute approximate surface area is 164 Å². The van der Waals surface area contributed by atoms with E-state index >= 15 is 0 Å². The minimum Gasteiger partial charge on any atom is -0.492 e. The molecular formula is C19H24N2O4S2. The summed E-state index contributed by atoms with van der Waals surface area (Å²) in [6.45, 7) is 3.44. The fraction of sp³-hybridized carbons (Fsp3) is 0.421. The van der Waals surface area contributed by atoms with Gasteiger partial charge in [-0.2, -0.15) is 4.31 Å². The third-order valence-electron chi connectivity index (χ3n) is 4.50. The van der Waals surface area contributed by atoms with Gasteiger partial charge in [-0.25, -0.2) is 8.42 Å². The molecule has 3 rings (SSSR count). The van der Waals surface area contributed by atoms with Crippen molar-refractivity contribution < 1.29 is 17.9 Å². The second-order valence-electron chi connectivity index (χ2n) is 6.59. The van der Waals surface area contributed by atoms with E-state index in [-0.39, 0.29) is 18.4 Å². The van der Waals surface area contributed by atoms with Gasteiger partial charge in [-0.1, -0.05) is 18.2 Å². The van der Waals surface area contributed by atoms with Crippen LogP contribution in [0.2, 0.25) is 0 Å². The lowest BCUT2D eigenvalue weighted by molar-refractivity contribution is -0.126. The van der Waals surface area contributed by atoms with Gasteiger partial charge in [0.25, 0.3) is 10.0 Å². The number of rotatable bonds is 7. The highest BCUT2D eigenvalue weighted by Crippen LogP contribution is 2.26. The first-order valence-electron chi connectivity index (χ1n) is 8.97. The second kappa shape index (κ2) is 8.86. The van der Waals surface area contributed by atoms with Crippen LogP contribution >= 0.6 is 11.3 Å². The molecule has 0 bridgehead atoms. The number of benzene rings is 1. The van der Waals surface area contributed by atoms with Gasteiger partial charge in [-0.15, -0.1) is 11.3 Å². The molecule has 1 amide bonds. The molecule has 2 aromatic rings. The van der Waals surface area contributed by atoms with E-state index in [1.165, 1.54) is 15.6 Å². The third-order valence-corrected chi connectivity index (χ3v) is 7.74. The Hall–Kier alpha value is -1.90. The molecule has 0 spiro atoms. The number of nitrogens with zero attached hydrogens (tertiary/aromatic N) is 1. The van der Waals surface area contributed by atoms with E-state index < -0.39 is 10.0 Å². The summed E-state index contributed by atoms with van der Waals surface area (Å²) in [6.07, 6.45) is 1.38. The monoisotopic (exact) mass is 408 g/mol. The Bertz CT molecular complexity index is 866. The molecule has 1 aliphatic heterocycles. The minimum absolute atomic E-state index is 0.117. The topological polar surface area (TPSA) is 75.7 Å². The number of nitrogens with one attached hydrogen (secondary N) is 1. The quantitative estimate of drug-likeness (QED) is 0.715. The Morgan fingerprint density at radius 2 is 2.19 bits per heavy atom. The number of carbonyl (C=O) groups excluding carboxylic acids is 1. The lowest BCUT2D eigenvalue weighted by atomic mass is 9.99. The highest BCUT2D eigenvalue weighted by Gasteiger charge is 2.33. The number of thiophene rings is 1. The van der Waals surface area contributed by atoms with Crippen molar-refractivity contribution in [2.24, 2.45) is 5.92 Å². The molecule has 1 aliphatic rings. The first kappa shape index (κ1) is 19.9. The molecule has 146 valence electrons.